The van der Waals surface area contributed by atoms with Crippen LogP contribution in [0.3, 0.4) is 0 Å². The molecule has 0 radical (unpaired) electrons. The molecule has 0 heteroatoms. The van der Waals surface area contributed by atoms with E-state index in [1.165, 1.54) is 51.4 Å². The van der Waals surface area contributed by atoms with E-state index in [-0.39, 0.29) is 0 Å². The third kappa shape index (κ3) is 10.0. The van der Waals surface area contributed by atoms with Gasteiger partial charge in [0.15, 0.2) is 0 Å². The van der Waals surface area contributed by atoms with Gasteiger partial charge in [-0.1, -0.05) is 71.6 Å². The van der Waals surface area contributed by atoms with Crippen molar-refractivity contribution in [3.63, 3.8) is 0 Å². The van der Waals surface area contributed by atoms with E-state index in [0.29, 0.717) is 6.90 Å². The summed E-state index contributed by atoms with van der Waals surface area (Å²) in [7, 11) is 0. The van der Waals surface area contributed by atoms with E-state index in [1.807, 2.05) is 0 Å². The molecular formula is C11H24. The van der Waals surface area contributed by atoms with Crippen LogP contribution in [-0.2, 0) is 0 Å². The molecule has 0 aromatic carbocycles. The van der Waals surface area contributed by atoms with Crippen LogP contribution >= 0.6 is 0 Å². The maximum absolute atomic E-state index is 6.97. The fourth-order valence-corrected chi connectivity index (χ4v) is 1.31. The zero-order valence-corrected chi connectivity index (χ0v) is 8.07. The van der Waals surface area contributed by atoms with E-state index in [0.717, 1.165) is 6.42 Å². The minimum Gasteiger partial charge on any atom is -0.0654 e. The zero-order valence-electron chi connectivity index (χ0n) is 9.07. The predicted molar refractivity (Wildman–Crippen MR) is 52.9 cm³/mol. The fraction of sp³-hybridized carbons (Fsp3) is 1.00. The second-order valence-electron chi connectivity index (χ2n) is 3.33. The maximum Gasteiger partial charge on any atom is 0.0230 e. The van der Waals surface area contributed by atoms with Crippen LogP contribution in [0.5, 0.6) is 0 Å². The standard InChI is InChI=1S/C11H24/c1-3-5-7-9-11-10-8-6-4-2/h3-11H2,1-2H3/i1D. The van der Waals surface area contributed by atoms with Gasteiger partial charge in [0.25, 0.3) is 0 Å². The van der Waals surface area contributed by atoms with Gasteiger partial charge in [-0.3, -0.25) is 0 Å². The Morgan fingerprint density at radius 2 is 1.18 bits per heavy atom. The van der Waals surface area contributed by atoms with Gasteiger partial charge in [0.05, 0.1) is 0 Å². The van der Waals surface area contributed by atoms with E-state index in [1.54, 1.807) is 0 Å². The molecule has 0 heterocycles. The number of rotatable bonds is 8. The topological polar surface area (TPSA) is 0 Å². The maximum atomic E-state index is 6.97. The van der Waals surface area contributed by atoms with Gasteiger partial charge in [-0.25, -0.2) is 0 Å². The quantitative estimate of drug-likeness (QED) is 0.454. The average Bonchev–Trinajstić information content (AvgIpc) is 2.10. The van der Waals surface area contributed by atoms with Crippen molar-refractivity contribution in [2.24, 2.45) is 0 Å². The normalized spacial score (nSPS) is 11.5. The summed E-state index contributed by atoms with van der Waals surface area (Å²) in [6, 6.07) is 0. The van der Waals surface area contributed by atoms with Crippen LogP contribution in [0.25, 0.3) is 0 Å². The highest BCUT2D eigenvalue weighted by Crippen LogP contribution is 2.08. The lowest BCUT2D eigenvalue weighted by molar-refractivity contribution is 0.572. The highest BCUT2D eigenvalue weighted by atomic mass is 13.9. The van der Waals surface area contributed by atoms with Gasteiger partial charge in [-0.2, -0.15) is 0 Å². The van der Waals surface area contributed by atoms with Gasteiger partial charge in [0.2, 0.25) is 0 Å². The molecule has 0 rings (SSSR count). The van der Waals surface area contributed by atoms with Crippen molar-refractivity contribution in [1.29, 1.82) is 0 Å². The Bertz CT molecular complexity index is 61.4. The summed E-state index contributed by atoms with van der Waals surface area (Å²) in [6.07, 6.45) is 12.1. The van der Waals surface area contributed by atoms with Crippen molar-refractivity contribution in [1.82, 2.24) is 0 Å². The summed E-state index contributed by atoms with van der Waals surface area (Å²) in [5.41, 5.74) is 0. The highest BCUT2D eigenvalue weighted by molar-refractivity contribution is 4.44. The number of unbranched alkanes of at least 4 members (excludes halogenated alkanes) is 8. The molecule has 0 aliphatic heterocycles. The first-order valence-corrected chi connectivity index (χ1v) is 5.21. The van der Waals surface area contributed by atoms with Gasteiger partial charge < -0.3 is 0 Å². The molecule has 0 nitrogen and oxygen atoms in total. The van der Waals surface area contributed by atoms with Crippen LogP contribution in [0.15, 0.2) is 0 Å². The molecule has 0 aliphatic rings. The Balaban J connectivity index is 2.73. The highest BCUT2D eigenvalue weighted by Gasteiger charge is 1.88. The lowest BCUT2D eigenvalue weighted by Gasteiger charge is -1.98. The second-order valence-corrected chi connectivity index (χ2v) is 3.33. The molecule has 0 spiro atoms. The van der Waals surface area contributed by atoms with Crippen molar-refractivity contribution in [3.8, 4) is 0 Å². The Kier molecular flexibility index (Phi) is 8.26. The summed E-state index contributed by atoms with van der Waals surface area (Å²) in [5, 5.41) is 0. The van der Waals surface area contributed by atoms with Crippen LogP contribution in [0, 0.1) is 0 Å². The molecule has 0 aromatic heterocycles. The monoisotopic (exact) mass is 157 g/mol. The van der Waals surface area contributed by atoms with Crippen molar-refractivity contribution >= 4 is 0 Å². The molecule has 0 N–H and O–H groups in total. The largest absolute Gasteiger partial charge is 0.0654 e. The van der Waals surface area contributed by atoms with Gasteiger partial charge in [0.1, 0.15) is 0 Å². The Morgan fingerprint density at radius 3 is 1.64 bits per heavy atom. The van der Waals surface area contributed by atoms with Crippen molar-refractivity contribution in [3.05, 3.63) is 0 Å². The molecular weight excluding hydrogens is 132 g/mol. The minimum absolute atomic E-state index is 0.621. The number of hydrogen-bond donors (Lipinski definition) is 0. The molecule has 0 unspecified atom stereocenters. The first-order chi connectivity index (χ1) is 5.91. The summed E-state index contributed by atoms with van der Waals surface area (Å²) in [4.78, 5) is 0. The Hall–Kier alpha value is 0. The van der Waals surface area contributed by atoms with Gasteiger partial charge in [-0.05, 0) is 0 Å². The Labute approximate surface area is 73.8 Å². The van der Waals surface area contributed by atoms with E-state index in [2.05, 4.69) is 6.92 Å². The lowest BCUT2D eigenvalue weighted by Crippen LogP contribution is -1.79. The van der Waals surface area contributed by atoms with Crippen molar-refractivity contribution < 1.29 is 1.37 Å². The van der Waals surface area contributed by atoms with E-state index >= 15 is 0 Å². The third-order valence-electron chi connectivity index (χ3n) is 2.10. The zero-order chi connectivity index (χ0) is 9.07. The van der Waals surface area contributed by atoms with Crippen LogP contribution < -0.4 is 0 Å². The van der Waals surface area contributed by atoms with Gasteiger partial charge in [0, 0.05) is 1.37 Å². The average molecular weight is 157 g/mol. The fourth-order valence-electron chi connectivity index (χ4n) is 1.31. The van der Waals surface area contributed by atoms with E-state index in [9.17, 15) is 0 Å². The summed E-state index contributed by atoms with van der Waals surface area (Å²) < 4.78 is 6.97. The molecule has 11 heavy (non-hydrogen) atoms. The molecule has 0 saturated heterocycles. The molecule has 0 aliphatic carbocycles. The van der Waals surface area contributed by atoms with Crippen LogP contribution in [-0.4, -0.2) is 0 Å². The van der Waals surface area contributed by atoms with Crippen LogP contribution in [0.1, 0.15) is 73.0 Å². The lowest BCUT2D eigenvalue weighted by atomic mass is 10.1. The second kappa shape index (κ2) is 10.0. The predicted octanol–water partition coefficient (Wildman–Crippen LogP) is 4.54. The first kappa shape index (κ1) is 9.09. The molecule has 0 saturated carbocycles. The van der Waals surface area contributed by atoms with E-state index in [4.69, 9.17) is 1.37 Å². The molecule has 0 amide bonds. The first-order valence-electron chi connectivity index (χ1n) is 5.91. The van der Waals surface area contributed by atoms with Gasteiger partial charge >= 0.3 is 0 Å². The SMILES string of the molecule is [2H]CCCCCCCCCCC. The van der Waals surface area contributed by atoms with Crippen molar-refractivity contribution in [2.45, 2.75) is 71.6 Å². The van der Waals surface area contributed by atoms with Crippen LogP contribution in [0.2, 0.25) is 0 Å². The summed E-state index contributed by atoms with van der Waals surface area (Å²) >= 11 is 0. The molecule has 0 bridgehead atoms. The minimum atomic E-state index is 0.621. The third-order valence-corrected chi connectivity index (χ3v) is 2.10. The van der Waals surface area contributed by atoms with Crippen molar-refractivity contribution in [2.75, 3.05) is 0 Å². The summed E-state index contributed by atoms with van der Waals surface area (Å²) in [5.74, 6) is 0. The molecule has 68 valence electrons. The van der Waals surface area contributed by atoms with Crippen LogP contribution in [0.4, 0.5) is 0 Å². The molecule has 0 atom stereocenters. The Morgan fingerprint density at radius 1 is 0.727 bits per heavy atom. The van der Waals surface area contributed by atoms with Gasteiger partial charge in [-0.15, -0.1) is 0 Å². The van der Waals surface area contributed by atoms with E-state index < -0.39 is 0 Å². The smallest absolute Gasteiger partial charge is 0.0230 e. The molecule has 0 fully saturated rings. The molecule has 0 aromatic rings. The summed E-state index contributed by atoms with van der Waals surface area (Å²) in [6.45, 7) is 2.88. The number of hydrogen-bond acceptors (Lipinski definition) is 0.